The molecule has 2 atom stereocenters. The van der Waals surface area contributed by atoms with Gasteiger partial charge in [0, 0.05) is 36.4 Å². The predicted molar refractivity (Wildman–Crippen MR) is 144 cm³/mol. The van der Waals surface area contributed by atoms with Crippen LogP contribution in [0.1, 0.15) is 63.0 Å². The lowest BCUT2D eigenvalue weighted by molar-refractivity contribution is 0.408. The van der Waals surface area contributed by atoms with Gasteiger partial charge in [0.1, 0.15) is 5.82 Å². The Kier molecular flexibility index (Phi) is 6.70. The highest BCUT2D eigenvalue weighted by Gasteiger charge is 2.24. The molecule has 3 heterocycles. The molecule has 3 aromatic heterocycles. The smallest absolute Gasteiger partial charge is 0.227 e. The molecule has 2 aliphatic rings. The Morgan fingerprint density at radius 1 is 1.00 bits per heavy atom. The van der Waals surface area contributed by atoms with Crippen molar-refractivity contribution in [3.63, 3.8) is 0 Å². The van der Waals surface area contributed by atoms with Gasteiger partial charge in [-0.1, -0.05) is 31.0 Å². The lowest BCUT2D eigenvalue weighted by Crippen LogP contribution is -2.35. The Hall–Kier alpha value is -3.59. The highest BCUT2D eigenvalue weighted by Crippen LogP contribution is 2.33. The van der Waals surface area contributed by atoms with E-state index in [1.165, 1.54) is 25.0 Å². The minimum Gasteiger partial charge on any atom is -0.364 e. The summed E-state index contributed by atoms with van der Waals surface area (Å²) in [4.78, 5) is 19.0. The number of benzene rings is 1. The Morgan fingerprint density at radius 3 is 2.68 bits per heavy atom. The maximum atomic E-state index is 13.6. The van der Waals surface area contributed by atoms with Gasteiger partial charge in [0.2, 0.25) is 5.95 Å². The average Bonchev–Trinajstić information content (AvgIpc) is 3.58. The molecule has 0 amide bonds. The quantitative estimate of drug-likeness (QED) is 0.310. The molecule has 0 bridgehead atoms. The van der Waals surface area contributed by atoms with Crippen molar-refractivity contribution in [3.05, 3.63) is 60.3 Å². The van der Waals surface area contributed by atoms with E-state index in [0.717, 1.165) is 66.5 Å². The van der Waals surface area contributed by atoms with Gasteiger partial charge in [0.15, 0.2) is 17.0 Å². The third-order valence-electron chi connectivity index (χ3n) is 7.59. The molecule has 2 unspecified atom stereocenters. The molecule has 6 rings (SSSR count). The fourth-order valence-corrected chi connectivity index (χ4v) is 5.63. The van der Waals surface area contributed by atoms with Gasteiger partial charge in [0.05, 0.1) is 12.0 Å². The molecule has 37 heavy (non-hydrogen) atoms. The summed E-state index contributed by atoms with van der Waals surface area (Å²) in [6.45, 7) is 0.534. The molecular formula is C28H33FN8. The van der Waals surface area contributed by atoms with E-state index in [4.69, 9.17) is 20.7 Å². The van der Waals surface area contributed by atoms with E-state index >= 15 is 0 Å². The van der Waals surface area contributed by atoms with E-state index in [1.807, 2.05) is 30.7 Å². The summed E-state index contributed by atoms with van der Waals surface area (Å²) in [7, 11) is 0. The number of hydrogen-bond acceptors (Lipinski definition) is 7. The minimum atomic E-state index is -0.269. The molecule has 2 aliphatic carbocycles. The summed E-state index contributed by atoms with van der Waals surface area (Å²) in [5.74, 6) is 1.06. The number of fused-ring (bicyclic) bond motifs is 1. The molecule has 0 saturated heterocycles. The lowest BCUT2D eigenvalue weighted by Gasteiger charge is -2.27. The standard InChI is InChI=1S/C28H33FN8/c29-20-6-3-5-19(13-20)24-12-11-18(15-31-24)16-32-26-25-27(37(17-33-25)23-9-1-2-10-23)36-28(35-26)34-22-8-4-7-21(30)14-22/h3,5-6,11-13,15,17,21-23H,1-2,4,7-10,14,16,30H2,(H2,32,34,35,36). The van der Waals surface area contributed by atoms with E-state index in [-0.39, 0.29) is 17.9 Å². The van der Waals surface area contributed by atoms with Gasteiger partial charge in [-0.15, -0.1) is 0 Å². The Labute approximate surface area is 215 Å². The zero-order valence-electron chi connectivity index (χ0n) is 20.9. The number of hydrogen-bond donors (Lipinski definition) is 3. The van der Waals surface area contributed by atoms with Crippen LogP contribution in [0.2, 0.25) is 0 Å². The Morgan fingerprint density at radius 2 is 1.89 bits per heavy atom. The molecule has 9 heteroatoms. The van der Waals surface area contributed by atoms with Gasteiger partial charge in [-0.2, -0.15) is 9.97 Å². The van der Waals surface area contributed by atoms with Crippen molar-refractivity contribution >= 4 is 22.9 Å². The molecule has 0 radical (unpaired) electrons. The number of nitrogens with two attached hydrogens (primary N) is 1. The Balaban J connectivity index is 1.25. The van der Waals surface area contributed by atoms with Gasteiger partial charge in [-0.3, -0.25) is 4.98 Å². The van der Waals surface area contributed by atoms with E-state index in [9.17, 15) is 4.39 Å². The van der Waals surface area contributed by atoms with Crippen LogP contribution in [-0.4, -0.2) is 36.6 Å². The lowest BCUT2D eigenvalue weighted by atomic mass is 9.92. The summed E-state index contributed by atoms with van der Waals surface area (Å²) in [5, 5.41) is 7.02. The summed E-state index contributed by atoms with van der Waals surface area (Å²) >= 11 is 0. The first-order chi connectivity index (χ1) is 18.1. The second kappa shape index (κ2) is 10.4. The number of anilines is 2. The van der Waals surface area contributed by atoms with Crippen LogP contribution in [0, 0.1) is 5.82 Å². The fraction of sp³-hybridized carbons (Fsp3) is 0.429. The van der Waals surface area contributed by atoms with Gasteiger partial charge in [0.25, 0.3) is 0 Å². The minimum absolute atomic E-state index is 0.222. The number of nitrogens with zero attached hydrogens (tertiary/aromatic N) is 5. The van der Waals surface area contributed by atoms with Crippen LogP contribution < -0.4 is 16.4 Å². The van der Waals surface area contributed by atoms with E-state index in [1.54, 1.807) is 6.07 Å². The second-order valence-electron chi connectivity index (χ2n) is 10.3. The molecule has 192 valence electrons. The molecule has 0 aliphatic heterocycles. The van der Waals surface area contributed by atoms with Crippen molar-refractivity contribution in [1.29, 1.82) is 0 Å². The maximum Gasteiger partial charge on any atom is 0.227 e. The van der Waals surface area contributed by atoms with E-state index in [2.05, 4.69) is 20.2 Å². The van der Waals surface area contributed by atoms with Gasteiger partial charge < -0.3 is 20.9 Å². The number of aromatic nitrogens is 5. The first-order valence-electron chi connectivity index (χ1n) is 13.3. The first-order valence-corrected chi connectivity index (χ1v) is 13.3. The highest BCUT2D eigenvalue weighted by atomic mass is 19.1. The van der Waals surface area contributed by atoms with Crippen molar-refractivity contribution < 1.29 is 4.39 Å². The SMILES string of the molecule is NC1CCCC(Nc2nc(NCc3ccc(-c4cccc(F)c4)nc3)c3ncn(C4CCCC4)c3n2)C1. The highest BCUT2D eigenvalue weighted by molar-refractivity contribution is 5.84. The van der Waals surface area contributed by atoms with Crippen LogP contribution in [0.15, 0.2) is 48.9 Å². The third kappa shape index (κ3) is 5.27. The van der Waals surface area contributed by atoms with E-state index < -0.39 is 0 Å². The second-order valence-corrected chi connectivity index (χ2v) is 10.3. The summed E-state index contributed by atoms with van der Waals surface area (Å²) in [5.41, 5.74) is 10.4. The predicted octanol–water partition coefficient (Wildman–Crippen LogP) is 5.44. The van der Waals surface area contributed by atoms with Crippen molar-refractivity contribution in [2.75, 3.05) is 10.6 Å². The van der Waals surface area contributed by atoms with Gasteiger partial charge in [-0.25, -0.2) is 9.37 Å². The molecule has 2 fully saturated rings. The van der Waals surface area contributed by atoms with Gasteiger partial charge in [-0.05, 0) is 62.3 Å². The molecule has 2 saturated carbocycles. The summed E-state index contributed by atoms with van der Waals surface area (Å²) in [6, 6.07) is 11.3. The van der Waals surface area contributed by atoms with Crippen LogP contribution in [-0.2, 0) is 6.54 Å². The number of imidazole rings is 1. The Bertz CT molecular complexity index is 1360. The topological polar surface area (TPSA) is 107 Å². The largest absolute Gasteiger partial charge is 0.364 e. The zero-order chi connectivity index (χ0) is 25.2. The number of halogens is 1. The van der Waals surface area contributed by atoms with Crippen molar-refractivity contribution in [3.8, 4) is 11.3 Å². The van der Waals surface area contributed by atoms with Crippen LogP contribution in [0.3, 0.4) is 0 Å². The average molecular weight is 501 g/mol. The molecule has 0 spiro atoms. The summed E-state index contributed by atoms with van der Waals surface area (Å²) in [6.07, 6.45) is 12.7. The van der Waals surface area contributed by atoms with Crippen molar-refractivity contribution in [1.82, 2.24) is 24.5 Å². The van der Waals surface area contributed by atoms with Gasteiger partial charge >= 0.3 is 0 Å². The molecule has 8 nitrogen and oxygen atoms in total. The molecule has 4 N–H and O–H groups in total. The summed E-state index contributed by atoms with van der Waals surface area (Å²) < 4.78 is 15.8. The van der Waals surface area contributed by atoms with Crippen LogP contribution >= 0.6 is 0 Å². The molecule has 1 aromatic carbocycles. The fourth-order valence-electron chi connectivity index (χ4n) is 5.63. The number of pyridine rings is 1. The van der Waals surface area contributed by atoms with Crippen LogP contribution in [0.4, 0.5) is 16.2 Å². The monoisotopic (exact) mass is 500 g/mol. The molecule has 4 aromatic rings. The third-order valence-corrected chi connectivity index (χ3v) is 7.59. The maximum absolute atomic E-state index is 13.6. The number of rotatable bonds is 7. The number of nitrogens with one attached hydrogen (secondary N) is 2. The van der Waals surface area contributed by atoms with E-state index in [0.29, 0.717) is 24.4 Å². The van der Waals surface area contributed by atoms with Crippen molar-refractivity contribution in [2.24, 2.45) is 5.73 Å². The zero-order valence-corrected chi connectivity index (χ0v) is 20.9. The van der Waals surface area contributed by atoms with Crippen molar-refractivity contribution in [2.45, 2.75) is 76.0 Å². The molecular weight excluding hydrogens is 467 g/mol. The normalized spacial score (nSPS) is 20.4. The first kappa shape index (κ1) is 23.8. The van der Waals surface area contributed by atoms with Crippen LogP contribution in [0.5, 0.6) is 0 Å². The van der Waals surface area contributed by atoms with Crippen LogP contribution in [0.25, 0.3) is 22.4 Å².